The van der Waals surface area contributed by atoms with E-state index in [0.29, 0.717) is 0 Å². The molecule has 0 unspecified atom stereocenters. The van der Waals surface area contributed by atoms with Crippen molar-refractivity contribution in [2.45, 2.75) is 31.5 Å². The fourth-order valence-electron chi connectivity index (χ4n) is 2.03. The quantitative estimate of drug-likeness (QED) is 0.654. The molecule has 0 saturated carbocycles. The predicted octanol–water partition coefficient (Wildman–Crippen LogP) is 1.19. The van der Waals surface area contributed by atoms with Gasteiger partial charge in [-0.3, -0.25) is 0 Å². The summed E-state index contributed by atoms with van der Waals surface area (Å²) in [4.78, 5) is 0. The van der Waals surface area contributed by atoms with Gasteiger partial charge in [0.1, 0.15) is 0 Å². The molecule has 2 rings (SSSR count). The summed E-state index contributed by atoms with van der Waals surface area (Å²) in [5.41, 5.74) is 6.97. The fourth-order valence-corrected chi connectivity index (χ4v) is 2.03. The van der Waals surface area contributed by atoms with E-state index in [4.69, 9.17) is 15.2 Å². The highest BCUT2D eigenvalue weighted by Gasteiger charge is 2.37. The number of ether oxygens (including phenoxy) is 2. The number of rotatable bonds is 2. The van der Waals surface area contributed by atoms with Crippen molar-refractivity contribution in [1.29, 1.82) is 0 Å². The van der Waals surface area contributed by atoms with Gasteiger partial charge in [-0.25, -0.2) is 0 Å². The maximum absolute atomic E-state index is 5.61. The van der Waals surface area contributed by atoms with Crippen molar-refractivity contribution >= 4 is 0 Å². The zero-order valence-electron chi connectivity index (χ0n) is 7.92. The smallest absolute Gasteiger partial charge is 0.172 e. The van der Waals surface area contributed by atoms with Gasteiger partial charge in [0.15, 0.2) is 5.79 Å². The van der Waals surface area contributed by atoms with Crippen LogP contribution in [-0.2, 0) is 9.47 Å². The molecule has 0 aromatic rings. The first-order chi connectivity index (χ1) is 6.35. The van der Waals surface area contributed by atoms with Gasteiger partial charge in [-0.15, -0.1) is 0 Å². The normalized spacial score (nSPS) is 26.4. The van der Waals surface area contributed by atoms with E-state index in [9.17, 15) is 0 Å². The topological polar surface area (TPSA) is 44.5 Å². The van der Waals surface area contributed by atoms with E-state index in [2.05, 4.69) is 6.08 Å². The number of hydrogen-bond donors (Lipinski definition) is 1. The zero-order valence-corrected chi connectivity index (χ0v) is 7.92. The van der Waals surface area contributed by atoms with Crippen LogP contribution in [0.15, 0.2) is 11.6 Å². The molecule has 0 atom stereocenters. The van der Waals surface area contributed by atoms with Crippen molar-refractivity contribution in [3.05, 3.63) is 11.6 Å². The largest absolute Gasteiger partial charge is 0.347 e. The van der Waals surface area contributed by atoms with Crippen molar-refractivity contribution in [1.82, 2.24) is 0 Å². The highest BCUT2D eigenvalue weighted by Crippen LogP contribution is 2.35. The second-order valence-corrected chi connectivity index (χ2v) is 3.71. The molecule has 2 N–H and O–H groups in total. The van der Waals surface area contributed by atoms with Crippen LogP contribution < -0.4 is 5.73 Å². The second kappa shape index (κ2) is 3.78. The van der Waals surface area contributed by atoms with Crippen LogP contribution in [0.1, 0.15) is 25.7 Å². The summed E-state index contributed by atoms with van der Waals surface area (Å²) in [5.74, 6) is -0.266. The molecule has 1 aliphatic carbocycles. The Morgan fingerprint density at radius 1 is 1.38 bits per heavy atom. The zero-order chi connectivity index (χ0) is 9.15. The molecule has 74 valence electrons. The lowest BCUT2D eigenvalue weighted by atomic mass is 9.92. The second-order valence-electron chi connectivity index (χ2n) is 3.71. The molecule has 0 aromatic carbocycles. The Balaban J connectivity index is 1.94. The minimum Gasteiger partial charge on any atom is -0.347 e. The van der Waals surface area contributed by atoms with Gasteiger partial charge in [-0.1, -0.05) is 11.6 Å². The first-order valence-corrected chi connectivity index (χ1v) is 5.00. The monoisotopic (exact) mass is 183 g/mol. The van der Waals surface area contributed by atoms with E-state index in [1.54, 1.807) is 0 Å². The van der Waals surface area contributed by atoms with Gasteiger partial charge < -0.3 is 15.2 Å². The Morgan fingerprint density at radius 2 is 2.15 bits per heavy atom. The Bertz CT molecular complexity index is 207. The molecular formula is C10H17NO2. The standard InChI is InChI=1S/C10H17NO2/c11-6-3-9-1-4-10(5-2-9)12-7-8-13-10/h1H,2-8,11H2. The molecule has 0 bridgehead atoms. The third-order valence-corrected chi connectivity index (χ3v) is 2.81. The Hall–Kier alpha value is -0.380. The van der Waals surface area contributed by atoms with Gasteiger partial charge in [0.2, 0.25) is 0 Å². The van der Waals surface area contributed by atoms with Crippen LogP contribution in [0.25, 0.3) is 0 Å². The van der Waals surface area contributed by atoms with Crippen molar-refractivity contribution in [3.63, 3.8) is 0 Å². The van der Waals surface area contributed by atoms with Gasteiger partial charge >= 0.3 is 0 Å². The van der Waals surface area contributed by atoms with Gasteiger partial charge in [-0.05, 0) is 19.4 Å². The molecule has 0 amide bonds. The summed E-state index contributed by atoms with van der Waals surface area (Å²) in [6.07, 6.45) is 6.25. The first kappa shape index (κ1) is 9.19. The summed E-state index contributed by atoms with van der Waals surface area (Å²) in [7, 11) is 0. The maximum Gasteiger partial charge on any atom is 0.172 e. The molecule has 1 fully saturated rings. The third-order valence-electron chi connectivity index (χ3n) is 2.81. The number of nitrogens with two attached hydrogens (primary N) is 1. The lowest BCUT2D eigenvalue weighted by Gasteiger charge is -2.30. The molecule has 0 radical (unpaired) electrons. The van der Waals surface area contributed by atoms with Gasteiger partial charge in [0.05, 0.1) is 13.2 Å². The minimum absolute atomic E-state index is 0.266. The lowest BCUT2D eigenvalue weighted by Crippen LogP contribution is -2.31. The van der Waals surface area contributed by atoms with Crippen LogP contribution in [0.2, 0.25) is 0 Å². The van der Waals surface area contributed by atoms with E-state index >= 15 is 0 Å². The van der Waals surface area contributed by atoms with Crippen LogP contribution in [0.5, 0.6) is 0 Å². The van der Waals surface area contributed by atoms with Gasteiger partial charge in [0.25, 0.3) is 0 Å². The molecule has 3 nitrogen and oxygen atoms in total. The van der Waals surface area contributed by atoms with Crippen molar-refractivity contribution in [2.24, 2.45) is 5.73 Å². The van der Waals surface area contributed by atoms with Crippen LogP contribution in [-0.4, -0.2) is 25.5 Å². The van der Waals surface area contributed by atoms with E-state index in [-0.39, 0.29) is 5.79 Å². The highest BCUT2D eigenvalue weighted by molar-refractivity contribution is 5.09. The van der Waals surface area contributed by atoms with E-state index in [1.807, 2.05) is 0 Å². The maximum atomic E-state index is 5.61. The molecule has 1 saturated heterocycles. The van der Waals surface area contributed by atoms with Crippen molar-refractivity contribution in [3.8, 4) is 0 Å². The van der Waals surface area contributed by atoms with Crippen LogP contribution in [0, 0.1) is 0 Å². The molecule has 2 aliphatic rings. The summed E-state index contributed by atoms with van der Waals surface area (Å²) < 4.78 is 11.2. The SMILES string of the molecule is NCCC1=CCC2(CC1)OCCO2. The third kappa shape index (κ3) is 1.93. The van der Waals surface area contributed by atoms with Crippen molar-refractivity contribution < 1.29 is 9.47 Å². The Kier molecular flexibility index (Phi) is 2.67. The highest BCUT2D eigenvalue weighted by atomic mass is 16.7. The minimum atomic E-state index is -0.266. The van der Waals surface area contributed by atoms with Crippen molar-refractivity contribution in [2.75, 3.05) is 19.8 Å². The van der Waals surface area contributed by atoms with E-state index in [1.165, 1.54) is 5.57 Å². The molecule has 13 heavy (non-hydrogen) atoms. The molecule has 0 aromatic heterocycles. The Labute approximate surface area is 78.9 Å². The summed E-state index contributed by atoms with van der Waals surface area (Å²) in [5, 5.41) is 0. The summed E-state index contributed by atoms with van der Waals surface area (Å²) in [6, 6.07) is 0. The van der Waals surface area contributed by atoms with Gasteiger partial charge in [-0.2, -0.15) is 0 Å². The van der Waals surface area contributed by atoms with Crippen LogP contribution >= 0.6 is 0 Å². The average Bonchev–Trinajstić information content (AvgIpc) is 2.59. The predicted molar refractivity (Wildman–Crippen MR) is 50.2 cm³/mol. The summed E-state index contributed by atoms with van der Waals surface area (Å²) >= 11 is 0. The van der Waals surface area contributed by atoms with E-state index in [0.717, 1.165) is 45.4 Å². The molecular weight excluding hydrogens is 166 g/mol. The van der Waals surface area contributed by atoms with Crippen LogP contribution in [0.3, 0.4) is 0 Å². The molecule has 1 aliphatic heterocycles. The van der Waals surface area contributed by atoms with Gasteiger partial charge in [0, 0.05) is 12.8 Å². The molecule has 1 heterocycles. The Morgan fingerprint density at radius 3 is 2.69 bits per heavy atom. The fraction of sp³-hybridized carbons (Fsp3) is 0.800. The average molecular weight is 183 g/mol. The summed E-state index contributed by atoms with van der Waals surface area (Å²) in [6.45, 7) is 2.25. The lowest BCUT2D eigenvalue weighted by molar-refractivity contribution is -0.161. The first-order valence-electron chi connectivity index (χ1n) is 5.00. The molecule has 1 spiro atoms. The van der Waals surface area contributed by atoms with E-state index < -0.39 is 0 Å². The van der Waals surface area contributed by atoms with Crippen LogP contribution in [0.4, 0.5) is 0 Å². The molecule has 3 heteroatoms. The number of hydrogen-bond acceptors (Lipinski definition) is 3.